The van der Waals surface area contributed by atoms with Crippen molar-refractivity contribution in [2.75, 3.05) is 13.1 Å². The number of thiazole rings is 1. The van der Waals surface area contributed by atoms with E-state index in [2.05, 4.69) is 4.98 Å². The molecular formula is C17H20ClN3OS. The van der Waals surface area contributed by atoms with Gasteiger partial charge in [-0.05, 0) is 25.3 Å². The normalized spacial score (nSPS) is 18.2. The number of carbonyl (C=O) groups excluding carboxylic acids is 1. The van der Waals surface area contributed by atoms with E-state index < -0.39 is 0 Å². The van der Waals surface area contributed by atoms with Crippen LogP contribution in [0.4, 0.5) is 0 Å². The summed E-state index contributed by atoms with van der Waals surface area (Å²) in [5, 5.41) is 3.48. The maximum Gasteiger partial charge on any atom is 0.228 e. The van der Waals surface area contributed by atoms with Gasteiger partial charge in [0.2, 0.25) is 5.91 Å². The first-order chi connectivity index (χ1) is 11.2. The first-order valence-electron chi connectivity index (χ1n) is 7.88. The lowest BCUT2D eigenvalue weighted by Gasteiger charge is -2.35. The molecule has 1 aromatic heterocycles. The Labute approximate surface area is 145 Å². The minimum absolute atomic E-state index is 0.121. The first-order valence-corrected chi connectivity index (χ1v) is 9.13. The Balaban J connectivity index is 1.71. The van der Waals surface area contributed by atoms with E-state index in [0.29, 0.717) is 18.0 Å². The van der Waals surface area contributed by atoms with E-state index in [4.69, 9.17) is 17.3 Å². The highest BCUT2D eigenvalue weighted by Crippen LogP contribution is 2.30. The molecule has 0 spiro atoms. The van der Waals surface area contributed by atoms with Crippen LogP contribution >= 0.6 is 22.9 Å². The third-order valence-electron chi connectivity index (χ3n) is 4.21. The maximum atomic E-state index is 12.6. The van der Waals surface area contributed by atoms with Crippen molar-refractivity contribution in [2.45, 2.75) is 31.7 Å². The zero-order valence-electron chi connectivity index (χ0n) is 12.9. The lowest BCUT2D eigenvalue weighted by atomic mass is 10.0. The van der Waals surface area contributed by atoms with Gasteiger partial charge in [0.25, 0.3) is 0 Å². The van der Waals surface area contributed by atoms with Crippen molar-refractivity contribution in [2.24, 2.45) is 5.73 Å². The lowest BCUT2D eigenvalue weighted by molar-refractivity contribution is -0.133. The van der Waals surface area contributed by atoms with Crippen molar-refractivity contribution in [1.29, 1.82) is 0 Å². The van der Waals surface area contributed by atoms with Crippen LogP contribution in [0.5, 0.6) is 0 Å². The second kappa shape index (κ2) is 7.43. The third kappa shape index (κ3) is 3.74. The number of hydrogen-bond donors (Lipinski definition) is 1. The average Bonchev–Trinajstić information content (AvgIpc) is 3.03. The first kappa shape index (κ1) is 16.4. The average molecular weight is 350 g/mol. The maximum absolute atomic E-state index is 12.6. The zero-order valence-corrected chi connectivity index (χ0v) is 14.4. The second-order valence-corrected chi connectivity index (χ2v) is 7.04. The van der Waals surface area contributed by atoms with Gasteiger partial charge < -0.3 is 10.6 Å². The molecule has 122 valence electrons. The van der Waals surface area contributed by atoms with Gasteiger partial charge in [-0.15, -0.1) is 11.3 Å². The SMILES string of the molecule is NC[C@H]1CCCCN1C(=O)Cc1csc(-c2ccccc2Cl)n1. The molecular weight excluding hydrogens is 330 g/mol. The van der Waals surface area contributed by atoms with Crippen LogP contribution in [-0.2, 0) is 11.2 Å². The number of aromatic nitrogens is 1. The summed E-state index contributed by atoms with van der Waals surface area (Å²) < 4.78 is 0. The van der Waals surface area contributed by atoms with Crippen molar-refractivity contribution in [3.05, 3.63) is 40.4 Å². The van der Waals surface area contributed by atoms with E-state index in [-0.39, 0.29) is 11.9 Å². The number of piperidine rings is 1. The summed E-state index contributed by atoms with van der Waals surface area (Å²) in [6.07, 6.45) is 3.55. The molecule has 3 rings (SSSR count). The molecule has 1 aromatic carbocycles. The summed E-state index contributed by atoms with van der Waals surface area (Å²) in [6, 6.07) is 7.81. The number of halogens is 1. The van der Waals surface area contributed by atoms with Gasteiger partial charge in [0.1, 0.15) is 5.01 Å². The van der Waals surface area contributed by atoms with E-state index in [1.54, 1.807) is 0 Å². The molecule has 1 atom stereocenters. The lowest BCUT2D eigenvalue weighted by Crippen LogP contribution is -2.48. The van der Waals surface area contributed by atoms with Crippen LogP contribution < -0.4 is 5.73 Å². The van der Waals surface area contributed by atoms with Crippen molar-refractivity contribution >= 4 is 28.8 Å². The Morgan fingerprint density at radius 1 is 1.39 bits per heavy atom. The predicted molar refractivity (Wildman–Crippen MR) is 94.7 cm³/mol. The Bertz CT molecular complexity index is 688. The summed E-state index contributed by atoms with van der Waals surface area (Å²) in [7, 11) is 0. The highest BCUT2D eigenvalue weighted by atomic mass is 35.5. The Kier molecular flexibility index (Phi) is 5.30. The molecule has 1 aliphatic heterocycles. The smallest absolute Gasteiger partial charge is 0.228 e. The number of benzene rings is 1. The molecule has 2 N–H and O–H groups in total. The van der Waals surface area contributed by atoms with Crippen LogP contribution in [-0.4, -0.2) is 34.9 Å². The van der Waals surface area contributed by atoms with Crippen LogP contribution in [0.2, 0.25) is 5.02 Å². The van der Waals surface area contributed by atoms with E-state index in [1.165, 1.54) is 11.3 Å². The van der Waals surface area contributed by atoms with Crippen LogP contribution in [0.25, 0.3) is 10.6 Å². The molecule has 23 heavy (non-hydrogen) atoms. The molecule has 1 saturated heterocycles. The largest absolute Gasteiger partial charge is 0.338 e. The highest BCUT2D eigenvalue weighted by Gasteiger charge is 2.26. The molecule has 4 nitrogen and oxygen atoms in total. The summed E-state index contributed by atoms with van der Waals surface area (Å²) >= 11 is 7.73. The number of nitrogens with two attached hydrogens (primary N) is 1. The molecule has 0 saturated carbocycles. The van der Waals surface area contributed by atoms with Gasteiger partial charge in [0, 0.05) is 30.1 Å². The summed E-state index contributed by atoms with van der Waals surface area (Å²) in [5.74, 6) is 0.121. The Hall–Kier alpha value is -1.43. The van der Waals surface area contributed by atoms with Gasteiger partial charge in [0.15, 0.2) is 0 Å². The Morgan fingerprint density at radius 2 is 2.22 bits per heavy atom. The molecule has 1 fully saturated rings. The van der Waals surface area contributed by atoms with Gasteiger partial charge in [-0.1, -0.05) is 29.8 Å². The number of carbonyl (C=O) groups is 1. The second-order valence-electron chi connectivity index (χ2n) is 5.77. The van der Waals surface area contributed by atoms with Crippen molar-refractivity contribution < 1.29 is 4.79 Å². The monoisotopic (exact) mass is 349 g/mol. The fourth-order valence-electron chi connectivity index (χ4n) is 2.98. The van der Waals surface area contributed by atoms with Gasteiger partial charge in [-0.2, -0.15) is 0 Å². The van der Waals surface area contributed by atoms with Crippen LogP contribution in [0, 0.1) is 0 Å². The minimum atomic E-state index is 0.121. The fraction of sp³-hybridized carbons (Fsp3) is 0.412. The quantitative estimate of drug-likeness (QED) is 0.920. The third-order valence-corrected chi connectivity index (χ3v) is 5.46. The van der Waals surface area contributed by atoms with Crippen LogP contribution in [0.1, 0.15) is 25.0 Å². The number of nitrogens with zero attached hydrogens (tertiary/aromatic N) is 2. The molecule has 2 heterocycles. The fourth-order valence-corrected chi connectivity index (χ4v) is 4.12. The van der Waals surface area contributed by atoms with E-state index in [1.807, 2.05) is 34.5 Å². The number of amides is 1. The summed E-state index contributed by atoms with van der Waals surface area (Å²) in [6.45, 7) is 1.34. The van der Waals surface area contributed by atoms with Gasteiger partial charge in [0.05, 0.1) is 17.1 Å². The topological polar surface area (TPSA) is 59.2 Å². The van der Waals surface area contributed by atoms with Crippen molar-refractivity contribution in [3.63, 3.8) is 0 Å². The van der Waals surface area contributed by atoms with Gasteiger partial charge in [-0.25, -0.2) is 4.98 Å². The summed E-state index contributed by atoms with van der Waals surface area (Å²) in [4.78, 5) is 19.1. The van der Waals surface area contributed by atoms with Crippen LogP contribution in [0.3, 0.4) is 0 Å². The van der Waals surface area contributed by atoms with E-state index in [9.17, 15) is 4.79 Å². The number of hydrogen-bond acceptors (Lipinski definition) is 4. The number of rotatable bonds is 4. The zero-order chi connectivity index (χ0) is 16.2. The molecule has 0 aliphatic carbocycles. The molecule has 1 amide bonds. The minimum Gasteiger partial charge on any atom is -0.338 e. The molecule has 1 aliphatic rings. The van der Waals surface area contributed by atoms with E-state index in [0.717, 1.165) is 42.1 Å². The molecule has 0 radical (unpaired) electrons. The van der Waals surface area contributed by atoms with Crippen molar-refractivity contribution in [3.8, 4) is 10.6 Å². The molecule has 0 bridgehead atoms. The van der Waals surface area contributed by atoms with E-state index >= 15 is 0 Å². The van der Waals surface area contributed by atoms with Crippen molar-refractivity contribution in [1.82, 2.24) is 9.88 Å². The van der Waals surface area contributed by atoms with Gasteiger partial charge >= 0.3 is 0 Å². The molecule has 2 aromatic rings. The Morgan fingerprint density at radius 3 is 3.00 bits per heavy atom. The number of likely N-dealkylation sites (tertiary alicyclic amines) is 1. The molecule has 0 unspecified atom stereocenters. The standard InChI is InChI=1S/C17H20ClN3OS/c18-15-7-2-1-6-14(15)17-20-12(11-23-17)9-16(22)21-8-4-3-5-13(21)10-19/h1-2,6-7,11,13H,3-5,8-10,19H2/t13-/m1/s1. The predicted octanol–water partition coefficient (Wildman–Crippen LogP) is 3.35. The van der Waals surface area contributed by atoms with Gasteiger partial charge in [-0.3, -0.25) is 4.79 Å². The summed E-state index contributed by atoms with van der Waals surface area (Å²) in [5.41, 5.74) is 7.51. The highest BCUT2D eigenvalue weighted by molar-refractivity contribution is 7.13. The molecule has 6 heteroatoms. The van der Waals surface area contributed by atoms with Crippen LogP contribution in [0.15, 0.2) is 29.6 Å².